The minimum atomic E-state index is 0.141. The Bertz CT molecular complexity index is 404. The summed E-state index contributed by atoms with van der Waals surface area (Å²) in [7, 11) is 0. The topological polar surface area (TPSA) is 29.1 Å². The van der Waals surface area contributed by atoms with Crippen LogP contribution in [0.5, 0.6) is 0 Å². The van der Waals surface area contributed by atoms with Gasteiger partial charge in [-0.15, -0.1) is 11.8 Å². The Morgan fingerprint density at radius 2 is 2.00 bits per heavy atom. The van der Waals surface area contributed by atoms with Crippen molar-refractivity contribution in [1.82, 2.24) is 5.32 Å². The van der Waals surface area contributed by atoms with Gasteiger partial charge < -0.3 is 5.32 Å². The van der Waals surface area contributed by atoms with Gasteiger partial charge in [-0.25, -0.2) is 0 Å². The van der Waals surface area contributed by atoms with Crippen LogP contribution in [0.25, 0.3) is 0 Å². The molecule has 0 radical (unpaired) electrons. The van der Waals surface area contributed by atoms with Crippen LogP contribution in [-0.2, 0) is 4.79 Å². The number of aryl methyl sites for hydroxylation is 2. The maximum atomic E-state index is 11.7. The van der Waals surface area contributed by atoms with Crippen molar-refractivity contribution in [2.24, 2.45) is 0 Å². The highest BCUT2D eigenvalue weighted by molar-refractivity contribution is 8.00. The first-order valence-electron chi connectivity index (χ1n) is 7.10. The van der Waals surface area contributed by atoms with E-state index < -0.39 is 0 Å². The second kappa shape index (κ2) is 9.03. The zero-order valence-corrected chi connectivity index (χ0v) is 13.1. The maximum absolute atomic E-state index is 11.7. The van der Waals surface area contributed by atoms with Crippen molar-refractivity contribution in [3.63, 3.8) is 0 Å². The van der Waals surface area contributed by atoms with Crippen LogP contribution >= 0.6 is 11.8 Å². The van der Waals surface area contributed by atoms with E-state index in [0.29, 0.717) is 5.75 Å². The van der Waals surface area contributed by atoms with Crippen LogP contribution in [0.2, 0.25) is 0 Å². The fraction of sp³-hybridized carbons (Fsp3) is 0.562. The van der Waals surface area contributed by atoms with Gasteiger partial charge in [0.25, 0.3) is 0 Å². The van der Waals surface area contributed by atoms with Gasteiger partial charge in [0.05, 0.1) is 5.75 Å². The van der Waals surface area contributed by atoms with E-state index in [1.54, 1.807) is 11.8 Å². The van der Waals surface area contributed by atoms with Crippen molar-refractivity contribution in [1.29, 1.82) is 0 Å². The number of carbonyl (C=O) groups is 1. The van der Waals surface area contributed by atoms with E-state index >= 15 is 0 Å². The first-order valence-corrected chi connectivity index (χ1v) is 8.08. The second-order valence-electron chi connectivity index (χ2n) is 4.97. The quantitative estimate of drug-likeness (QED) is 0.573. The van der Waals surface area contributed by atoms with Crippen LogP contribution in [0.3, 0.4) is 0 Å². The Kier molecular flexibility index (Phi) is 7.65. The molecule has 0 aromatic heterocycles. The van der Waals surface area contributed by atoms with E-state index in [-0.39, 0.29) is 5.91 Å². The van der Waals surface area contributed by atoms with Crippen molar-refractivity contribution in [3.05, 3.63) is 29.3 Å². The third-order valence-corrected chi connectivity index (χ3v) is 4.21. The van der Waals surface area contributed by atoms with Gasteiger partial charge in [-0.3, -0.25) is 4.79 Å². The summed E-state index contributed by atoms with van der Waals surface area (Å²) in [6, 6.07) is 6.36. The lowest BCUT2D eigenvalue weighted by Gasteiger charge is -2.07. The molecule has 0 heterocycles. The standard InChI is InChI=1S/C16H25NOS/c1-4-5-6-7-10-17-16(18)12-19-15-11-13(2)8-9-14(15)3/h8-9,11H,4-7,10,12H2,1-3H3,(H,17,18). The van der Waals surface area contributed by atoms with Gasteiger partial charge in [0, 0.05) is 11.4 Å². The molecule has 1 aromatic carbocycles. The van der Waals surface area contributed by atoms with Gasteiger partial charge in [0.15, 0.2) is 0 Å². The lowest BCUT2D eigenvalue weighted by atomic mass is 10.2. The van der Waals surface area contributed by atoms with Gasteiger partial charge >= 0.3 is 0 Å². The summed E-state index contributed by atoms with van der Waals surface area (Å²) in [5.74, 6) is 0.653. The molecular weight excluding hydrogens is 254 g/mol. The number of unbranched alkanes of at least 4 members (excludes halogenated alkanes) is 3. The van der Waals surface area contributed by atoms with Crippen LogP contribution < -0.4 is 5.32 Å². The molecule has 3 heteroatoms. The highest BCUT2D eigenvalue weighted by Gasteiger charge is 2.04. The van der Waals surface area contributed by atoms with E-state index in [4.69, 9.17) is 0 Å². The molecule has 0 spiro atoms. The van der Waals surface area contributed by atoms with Crippen LogP contribution in [-0.4, -0.2) is 18.2 Å². The van der Waals surface area contributed by atoms with Crippen LogP contribution in [0.15, 0.2) is 23.1 Å². The van der Waals surface area contributed by atoms with Crippen LogP contribution in [0, 0.1) is 13.8 Å². The third kappa shape index (κ3) is 6.67. The molecule has 0 aliphatic heterocycles. The van der Waals surface area contributed by atoms with Crippen molar-refractivity contribution in [3.8, 4) is 0 Å². The molecule has 0 aliphatic rings. The molecule has 0 unspecified atom stereocenters. The van der Waals surface area contributed by atoms with Gasteiger partial charge in [0.2, 0.25) is 5.91 Å². The molecule has 0 fully saturated rings. The molecule has 0 saturated carbocycles. The molecule has 0 saturated heterocycles. The highest BCUT2D eigenvalue weighted by Crippen LogP contribution is 2.23. The number of rotatable bonds is 8. The van der Waals surface area contributed by atoms with Gasteiger partial charge in [-0.1, -0.05) is 43.9 Å². The highest BCUT2D eigenvalue weighted by atomic mass is 32.2. The van der Waals surface area contributed by atoms with E-state index in [2.05, 4.69) is 44.3 Å². The van der Waals surface area contributed by atoms with Crippen molar-refractivity contribution in [2.45, 2.75) is 51.3 Å². The maximum Gasteiger partial charge on any atom is 0.230 e. The minimum Gasteiger partial charge on any atom is -0.355 e. The summed E-state index contributed by atoms with van der Waals surface area (Å²) >= 11 is 1.63. The summed E-state index contributed by atoms with van der Waals surface area (Å²) in [6.07, 6.45) is 4.79. The Morgan fingerprint density at radius 1 is 1.21 bits per heavy atom. The fourth-order valence-corrected chi connectivity index (χ4v) is 2.79. The molecule has 1 rings (SSSR count). The number of hydrogen-bond acceptors (Lipinski definition) is 2. The minimum absolute atomic E-state index is 0.141. The summed E-state index contributed by atoms with van der Waals surface area (Å²) in [5, 5.41) is 2.99. The normalized spacial score (nSPS) is 10.5. The number of benzene rings is 1. The van der Waals surface area contributed by atoms with Gasteiger partial charge in [-0.05, 0) is 31.9 Å². The average molecular weight is 279 g/mol. The van der Waals surface area contributed by atoms with Crippen molar-refractivity contribution in [2.75, 3.05) is 12.3 Å². The Balaban J connectivity index is 2.24. The largest absolute Gasteiger partial charge is 0.355 e. The fourth-order valence-electron chi connectivity index (χ4n) is 1.84. The summed E-state index contributed by atoms with van der Waals surface area (Å²) < 4.78 is 0. The zero-order chi connectivity index (χ0) is 14.1. The number of nitrogens with one attached hydrogen (secondary N) is 1. The Hall–Kier alpha value is -0.960. The molecule has 0 atom stereocenters. The molecule has 106 valence electrons. The van der Waals surface area contributed by atoms with E-state index in [0.717, 1.165) is 13.0 Å². The number of amides is 1. The summed E-state index contributed by atoms with van der Waals surface area (Å²) in [5.41, 5.74) is 2.49. The molecule has 1 aromatic rings. The molecule has 0 bridgehead atoms. The molecule has 2 nitrogen and oxygen atoms in total. The Labute approximate surface area is 121 Å². The summed E-state index contributed by atoms with van der Waals surface area (Å²) in [4.78, 5) is 12.9. The predicted octanol–water partition coefficient (Wildman–Crippen LogP) is 4.09. The first-order chi connectivity index (χ1) is 9.13. The molecule has 0 aliphatic carbocycles. The number of hydrogen-bond donors (Lipinski definition) is 1. The van der Waals surface area contributed by atoms with Crippen LogP contribution in [0.1, 0.15) is 43.7 Å². The van der Waals surface area contributed by atoms with Crippen molar-refractivity contribution < 1.29 is 4.79 Å². The molecule has 1 N–H and O–H groups in total. The van der Waals surface area contributed by atoms with E-state index in [9.17, 15) is 4.79 Å². The smallest absolute Gasteiger partial charge is 0.230 e. The lowest BCUT2D eigenvalue weighted by Crippen LogP contribution is -2.26. The van der Waals surface area contributed by atoms with Crippen LogP contribution in [0.4, 0.5) is 0 Å². The Morgan fingerprint density at radius 3 is 2.74 bits per heavy atom. The molecule has 1 amide bonds. The first kappa shape index (κ1) is 16.1. The monoisotopic (exact) mass is 279 g/mol. The van der Waals surface area contributed by atoms with Crippen molar-refractivity contribution >= 4 is 17.7 Å². The third-order valence-electron chi connectivity index (χ3n) is 3.05. The van der Waals surface area contributed by atoms with E-state index in [1.165, 1.54) is 35.3 Å². The molecular formula is C16H25NOS. The second-order valence-corrected chi connectivity index (χ2v) is 5.99. The zero-order valence-electron chi connectivity index (χ0n) is 12.3. The van der Waals surface area contributed by atoms with Gasteiger partial charge in [-0.2, -0.15) is 0 Å². The average Bonchev–Trinajstić information content (AvgIpc) is 2.39. The summed E-state index contributed by atoms with van der Waals surface area (Å²) in [6.45, 7) is 7.17. The lowest BCUT2D eigenvalue weighted by molar-refractivity contribution is -0.118. The number of carbonyl (C=O) groups excluding carboxylic acids is 1. The number of thioether (sulfide) groups is 1. The van der Waals surface area contributed by atoms with E-state index in [1.807, 2.05) is 0 Å². The van der Waals surface area contributed by atoms with Gasteiger partial charge in [0.1, 0.15) is 0 Å². The SMILES string of the molecule is CCCCCCNC(=O)CSc1cc(C)ccc1C. The predicted molar refractivity (Wildman–Crippen MR) is 83.8 cm³/mol. The molecule has 19 heavy (non-hydrogen) atoms.